The van der Waals surface area contributed by atoms with Crippen LogP contribution >= 0.6 is 0 Å². The van der Waals surface area contributed by atoms with Crippen LogP contribution in [0.15, 0.2) is 78.5 Å². The van der Waals surface area contributed by atoms with Crippen molar-refractivity contribution in [1.29, 1.82) is 0 Å². The summed E-state index contributed by atoms with van der Waals surface area (Å²) in [6.07, 6.45) is 3.38. The van der Waals surface area contributed by atoms with E-state index in [1.807, 2.05) is 55.5 Å². The maximum atomic E-state index is 12.6. The van der Waals surface area contributed by atoms with E-state index in [-0.39, 0.29) is 11.6 Å². The third-order valence-corrected chi connectivity index (χ3v) is 4.36. The van der Waals surface area contributed by atoms with Gasteiger partial charge in [-0.3, -0.25) is 4.79 Å². The Balaban J connectivity index is 1.94. The summed E-state index contributed by atoms with van der Waals surface area (Å²) in [7, 11) is 0. The molecule has 1 N–H and O–H groups in total. The minimum Gasteiger partial charge on any atom is -0.461 e. The number of hydrogen-bond donors (Lipinski definition) is 1. The van der Waals surface area contributed by atoms with Crippen molar-refractivity contribution in [2.75, 3.05) is 6.61 Å². The van der Waals surface area contributed by atoms with Gasteiger partial charge in [0.25, 0.3) is 5.91 Å². The van der Waals surface area contributed by atoms with Crippen molar-refractivity contribution < 1.29 is 14.3 Å². The Bertz CT molecular complexity index is 988. The van der Waals surface area contributed by atoms with Crippen molar-refractivity contribution in [2.45, 2.75) is 19.8 Å². The highest BCUT2D eigenvalue weighted by Gasteiger charge is 2.16. The maximum Gasteiger partial charge on any atom is 0.354 e. The summed E-state index contributed by atoms with van der Waals surface area (Å²) in [5.74, 6) is -0.884. The summed E-state index contributed by atoms with van der Waals surface area (Å²) in [6, 6.07) is 22.6. The normalized spacial score (nSPS) is 11.2. The summed E-state index contributed by atoms with van der Waals surface area (Å²) in [5.41, 5.74) is 1.45. The maximum absolute atomic E-state index is 12.6. The Morgan fingerprint density at radius 1 is 0.929 bits per heavy atom. The molecular formula is C24H23NO3. The molecule has 0 heterocycles. The van der Waals surface area contributed by atoms with E-state index in [2.05, 4.69) is 5.32 Å². The van der Waals surface area contributed by atoms with E-state index in [0.29, 0.717) is 12.2 Å². The number of unbranched alkanes of at least 4 members (excludes halogenated alkanes) is 1. The number of nitrogens with one attached hydrogen (secondary N) is 1. The lowest BCUT2D eigenvalue weighted by molar-refractivity contribution is -0.139. The van der Waals surface area contributed by atoms with E-state index in [4.69, 9.17) is 4.74 Å². The Labute approximate surface area is 164 Å². The summed E-state index contributed by atoms with van der Waals surface area (Å²) in [5, 5.41) is 4.78. The fourth-order valence-electron chi connectivity index (χ4n) is 2.85. The van der Waals surface area contributed by atoms with Gasteiger partial charge in [0.15, 0.2) is 0 Å². The van der Waals surface area contributed by atoms with Crippen LogP contribution < -0.4 is 5.32 Å². The Morgan fingerprint density at radius 3 is 2.43 bits per heavy atom. The fraction of sp³-hybridized carbons (Fsp3) is 0.167. The first-order valence-corrected chi connectivity index (χ1v) is 9.42. The highest BCUT2D eigenvalue weighted by atomic mass is 16.5. The van der Waals surface area contributed by atoms with Gasteiger partial charge < -0.3 is 10.1 Å². The van der Waals surface area contributed by atoms with E-state index in [0.717, 1.165) is 29.2 Å². The molecule has 0 spiro atoms. The third kappa shape index (κ3) is 4.86. The SMILES string of the molecule is CCCCOC(=O)C(=Cc1cccc2ccccc12)NC(=O)c1ccccc1. The molecule has 3 aromatic rings. The number of carbonyl (C=O) groups excluding carboxylic acids is 2. The van der Waals surface area contributed by atoms with Crippen molar-refractivity contribution in [3.63, 3.8) is 0 Å². The van der Waals surface area contributed by atoms with Gasteiger partial charge in [0.05, 0.1) is 6.61 Å². The quantitative estimate of drug-likeness (QED) is 0.362. The highest BCUT2D eigenvalue weighted by molar-refractivity contribution is 6.04. The molecule has 3 rings (SSSR count). The summed E-state index contributed by atoms with van der Waals surface area (Å²) in [4.78, 5) is 25.2. The largest absolute Gasteiger partial charge is 0.461 e. The molecule has 1 amide bonds. The molecule has 4 nitrogen and oxygen atoms in total. The van der Waals surface area contributed by atoms with E-state index in [1.165, 1.54) is 0 Å². The lowest BCUT2D eigenvalue weighted by Gasteiger charge is -2.11. The van der Waals surface area contributed by atoms with E-state index in [9.17, 15) is 9.59 Å². The molecule has 0 radical (unpaired) electrons. The van der Waals surface area contributed by atoms with Crippen LogP contribution in [0.2, 0.25) is 0 Å². The zero-order chi connectivity index (χ0) is 19.8. The number of carbonyl (C=O) groups is 2. The molecule has 3 aromatic carbocycles. The molecule has 0 unspecified atom stereocenters. The van der Waals surface area contributed by atoms with Crippen LogP contribution in [0.5, 0.6) is 0 Å². The predicted octanol–water partition coefficient (Wildman–Crippen LogP) is 4.95. The summed E-state index contributed by atoms with van der Waals surface area (Å²) < 4.78 is 5.34. The van der Waals surface area contributed by atoms with Crippen molar-refractivity contribution in [1.82, 2.24) is 5.32 Å². The van der Waals surface area contributed by atoms with Crippen molar-refractivity contribution in [3.05, 3.63) is 89.6 Å². The van der Waals surface area contributed by atoms with Gasteiger partial charge >= 0.3 is 5.97 Å². The molecule has 0 atom stereocenters. The minimum absolute atomic E-state index is 0.126. The van der Waals surface area contributed by atoms with Crippen LogP contribution in [0.1, 0.15) is 35.7 Å². The standard InChI is InChI=1S/C24H23NO3/c1-2-3-16-28-24(27)22(25-23(26)19-11-5-4-6-12-19)17-20-14-9-13-18-10-7-8-15-21(18)20/h4-15,17H,2-3,16H2,1H3,(H,25,26). The number of fused-ring (bicyclic) bond motifs is 1. The van der Waals surface area contributed by atoms with Crippen LogP contribution in [0, 0.1) is 0 Å². The van der Waals surface area contributed by atoms with Crippen molar-refractivity contribution >= 4 is 28.7 Å². The van der Waals surface area contributed by atoms with Gasteiger partial charge in [-0.1, -0.05) is 74.0 Å². The molecule has 0 aromatic heterocycles. The van der Waals surface area contributed by atoms with Gasteiger partial charge in [0.1, 0.15) is 5.70 Å². The number of esters is 1. The lowest BCUT2D eigenvalue weighted by atomic mass is 10.0. The van der Waals surface area contributed by atoms with Crippen molar-refractivity contribution in [2.24, 2.45) is 0 Å². The summed E-state index contributed by atoms with van der Waals surface area (Å²) in [6.45, 7) is 2.35. The second-order valence-electron chi connectivity index (χ2n) is 6.44. The molecule has 0 saturated carbocycles. The monoisotopic (exact) mass is 373 g/mol. The second kappa shape index (κ2) is 9.51. The predicted molar refractivity (Wildman–Crippen MR) is 112 cm³/mol. The Kier molecular flexibility index (Phi) is 6.58. The van der Waals surface area contributed by atoms with Crippen LogP contribution in [0.4, 0.5) is 0 Å². The molecule has 0 aliphatic rings. The van der Waals surface area contributed by atoms with Crippen LogP contribution in [0.25, 0.3) is 16.8 Å². The number of rotatable bonds is 7. The topological polar surface area (TPSA) is 55.4 Å². The van der Waals surface area contributed by atoms with Crippen LogP contribution in [-0.4, -0.2) is 18.5 Å². The van der Waals surface area contributed by atoms with Gasteiger partial charge in [0.2, 0.25) is 0 Å². The lowest BCUT2D eigenvalue weighted by Crippen LogP contribution is -2.28. The molecule has 0 fully saturated rings. The van der Waals surface area contributed by atoms with Crippen molar-refractivity contribution in [3.8, 4) is 0 Å². The molecule has 28 heavy (non-hydrogen) atoms. The molecule has 0 bridgehead atoms. The summed E-state index contributed by atoms with van der Waals surface area (Å²) >= 11 is 0. The fourth-order valence-corrected chi connectivity index (χ4v) is 2.85. The first-order chi connectivity index (χ1) is 13.7. The minimum atomic E-state index is -0.536. The molecule has 0 aliphatic carbocycles. The number of hydrogen-bond acceptors (Lipinski definition) is 3. The average Bonchev–Trinajstić information content (AvgIpc) is 2.74. The zero-order valence-electron chi connectivity index (χ0n) is 15.9. The van der Waals surface area contributed by atoms with E-state index in [1.54, 1.807) is 30.3 Å². The van der Waals surface area contributed by atoms with Gasteiger partial charge in [-0.2, -0.15) is 0 Å². The Morgan fingerprint density at radius 2 is 1.64 bits per heavy atom. The molecule has 0 saturated heterocycles. The van der Waals surface area contributed by atoms with E-state index >= 15 is 0 Å². The first kappa shape index (κ1) is 19.4. The van der Waals surface area contributed by atoms with Gasteiger partial charge in [-0.15, -0.1) is 0 Å². The van der Waals surface area contributed by atoms with Crippen LogP contribution in [0.3, 0.4) is 0 Å². The third-order valence-electron chi connectivity index (χ3n) is 4.36. The first-order valence-electron chi connectivity index (χ1n) is 9.42. The van der Waals surface area contributed by atoms with Crippen LogP contribution in [-0.2, 0) is 9.53 Å². The van der Waals surface area contributed by atoms with Gasteiger partial charge in [0, 0.05) is 5.56 Å². The number of ether oxygens (including phenoxy) is 1. The number of amides is 1. The number of benzene rings is 3. The highest BCUT2D eigenvalue weighted by Crippen LogP contribution is 2.21. The molecule has 142 valence electrons. The van der Waals surface area contributed by atoms with E-state index < -0.39 is 5.97 Å². The Hall–Kier alpha value is -3.40. The second-order valence-corrected chi connectivity index (χ2v) is 6.44. The molecule has 4 heteroatoms. The van der Waals surface area contributed by atoms with Gasteiger partial charge in [-0.25, -0.2) is 4.79 Å². The average molecular weight is 373 g/mol. The molecular weight excluding hydrogens is 350 g/mol. The zero-order valence-corrected chi connectivity index (χ0v) is 15.9. The smallest absolute Gasteiger partial charge is 0.354 e. The van der Waals surface area contributed by atoms with Gasteiger partial charge in [-0.05, 0) is 41.0 Å². The molecule has 0 aliphatic heterocycles.